The average Bonchev–Trinajstić information content (AvgIpc) is 2.62. The Morgan fingerprint density at radius 3 is 2.60 bits per heavy atom. The zero-order valence-corrected chi connectivity index (χ0v) is 13.6. The van der Waals surface area contributed by atoms with E-state index in [4.69, 9.17) is 0 Å². The first-order valence-electron chi connectivity index (χ1n) is 7.67. The molecule has 0 aliphatic rings. The van der Waals surface area contributed by atoms with Crippen LogP contribution in [0.1, 0.15) is 12.6 Å². The normalized spacial score (nSPS) is 10.1. The lowest BCUT2D eigenvalue weighted by atomic mass is 10.3. The van der Waals surface area contributed by atoms with E-state index in [-0.39, 0.29) is 5.91 Å². The number of anilines is 4. The molecule has 0 fully saturated rings. The van der Waals surface area contributed by atoms with Crippen LogP contribution in [0.25, 0.3) is 0 Å². The molecular formula is C17H17N7O. The molecule has 8 nitrogen and oxygen atoms in total. The fourth-order valence-corrected chi connectivity index (χ4v) is 2.10. The largest absolute Gasteiger partial charge is 0.347 e. The molecule has 0 aliphatic carbocycles. The summed E-state index contributed by atoms with van der Waals surface area (Å²) in [6, 6.07) is 13.0. The number of rotatable bonds is 6. The first-order chi connectivity index (χ1) is 12.2. The van der Waals surface area contributed by atoms with Gasteiger partial charge in [0.25, 0.3) is 0 Å². The summed E-state index contributed by atoms with van der Waals surface area (Å²) in [6.07, 6.45) is 3.27. The summed E-state index contributed by atoms with van der Waals surface area (Å²) in [5, 5.41) is 16.8. The number of hydrogen-bond acceptors (Lipinski definition) is 7. The highest BCUT2D eigenvalue weighted by Crippen LogP contribution is 2.17. The van der Waals surface area contributed by atoms with Gasteiger partial charge in [-0.15, -0.1) is 5.10 Å². The van der Waals surface area contributed by atoms with Crippen molar-refractivity contribution in [1.29, 1.82) is 0 Å². The summed E-state index contributed by atoms with van der Waals surface area (Å²) < 4.78 is 0. The van der Waals surface area contributed by atoms with Gasteiger partial charge in [-0.25, -0.2) is 0 Å². The van der Waals surface area contributed by atoms with Crippen LogP contribution in [-0.4, -0.2) is 26.1 Å². The van der Waals surface area contributed by atoms with E-state index >= 15 is 0 Å². The summed E-state index contributed by atoms with van der Waals surface area (Å²) in [4.78, 5) is 19.6. The van der Waals surface area contributed by atoms with Gasteiger partial charge in [0, 0.05) is 24.5 Å². The molecule has 0 spiro atoms. The third kappa shape index (κ3) is 4.96. The van der Waals surface area contributed by atoms with Gasteiger partial charge in [0.2, 0.25) is 11.9 Å². The van der Waals surface area contributed by atoms with E-state index < -0.39 is 0 Å². The average molecular weight is 335 g/mol. The van der Waals surface area contributed by atoms with E-state index in [9.17, 15) is 4.79 Å². The first kappa shape index (κ1) is 16.3. The maximum absolute atomic E-state index is 11.0. The molecule has 3 aromatic rings. The molecule has 0 saturated carbocycles. The number of aromatic nitrogens is 4. The second-order valence-corrected chi connectivity index (χ2v) is 5.22. The fraction of sp³-hybridized carbons (Fsp3) is 0.118. The van der Waals surface area contributed by atoms with Crippen molar-refractivity contribution in [3.63, 3.8) is 0 Å². The van der Waals surface area contributed by atoms with Crippen molar-refractivity contribution in [1.82, 2.24) is 20.2 Å². The monoisotopic (exact) mass is 335 g/mol. The van der Waals surface area contributed by atoms with Gasteiger partial charge < -0.3 is 16.0 Å². The Morgan fingerprint density at radius 1 is 1.08 bits per heavy atom. The van der Waals surface area contributed by atoms with Crippen LogP contribution in [0.2, 0.25) is 0 Å². The third-order valence-electron chi connectivity index (χ3n) is 3.19. The van der Waals surface area contributed by atoms with E-state index in [1.807, 2.05) is 30.3 Å². The molecule has 3 N–H and O–H groups in total. The molecule has 0 saturated heterocycles. The molecule has 0 radical (unpaired) electrons. The Hall–Kier alpha value is -3.55. The van der Waals surface area contributed by atoms with Crippen LogP contribution in [0.5, 0.6) is 0 Å². The number of hydrogen-bond donors (Lipinski definition) is 3. The van der Waals surface area contributed by atoms with Crippen LogP contribution in [0.3, 0.4) is 0 Å². The van der Waals surface area contributed by atoms with Crippen LogP contribution < -0.4 is 16.0 Å². The summed E-state index contributed by atoms with van der Waals surface area (Å²) in [6.45, 7) is 1.98. The lowest BCUT2D eigenvalue weighted by Gasteiger charge is -2.08. The summed E-state index contributed by atoms with van der Waals surface area (Å²) in [7, 11) is 0. The van der Waals surface area contributed by atoms with Gasteiger partial charge in [0.15, 0.2) is 5.82 Å². The highest BCUT2D eigenvalue weighted by Gasteiger charge is 2.02. The van der Waals surface area contributed by atoms with E-state index in [0.717, 1.165) is 17.1 Å². The van der Waals surface area contributed by atoms with Crippen LogP contribution in [0, 0.1) is 0 Å². The van der Waals surface area contributed by atoms with Gasteiger partial charge in [-0.1, -0.05) is 6.07 Å². The maximum Gasteiger partial charge on any atom is 0.245 e. The molecule has 2 heterocycles. The van der Waals surface area contributed by atoms with Gasteiger partial charge in [-0.05, 0) is 36.4 Å². The number of nitrogens with zero attached hydrogens (tertiary/aromatic N) is 4. The van der Waals surface area contributed by atoms with Crippen molar-refractivity contribution in [2.75, 3.05) is 16.0 Å². The van der Waals surface area contributed by atoms with Crippen molar-refractivity contribution in [3.05, 3.63) is 60.6 Å². The minimum absolute atomic E-state index is 0.107. The minimum atomic E-state index is -0.107. The quantitative estimate of drug-likeness (QED) is 0.636. The van der Waals surface area contributed by atoms with Gasteiger partial charge in [0.05, 0.1) is 18.4 Å². The predicted octanol–water partition coefficient (Wildman–Crippen LogP) is 2.58. The lowest BCUT2D eigenvalue weighted by molar-refractivity contribution is -0.114. The predicted molar refractivity (Wildman–Crippen MR) is 95.4 cm³/mol. The van der Waals surface area contributed by atoms with Crippen molar-refractivity contribution >= 4 is 29.0 Å². The zero-order valence-electron chi connectivity index (χ0n) is 13.6. The first-order valence-corrected chi connectivity index (χ1v) is 7.67. The highest BCUT2D eigenvalue weighted by atomic mass is 16.1. The Labute approximate surface area is 144 Å². The maximum atomic E-state index is 11.0. The Balaban J connectivity index is 1.62. The van der Waals surface area contributed by atoms with Gasteiger partial charge in [-0.3, -0.25) is 9.78 Å². The van der Waals surface area contributed by atoms with Crippen molar-refractivity contribution in [2.45, 2.75) is 13.5 Å². The van der Waals surface area contributed by atoms with E-state index in [1.165, 1.54) is 13.1 Å². The number of carbonyl (C=O) groups excluding carboxylic acids is 1. The van der Waals surface area contributed by atoms with Crippen LogP contribution in [-0.2, 0) is 11.3 Å². The van der Waals surface area contributed by atoms with Crippen molar-refractivity contribution < 1.29 is 4.79 Å². The minimum Gasteiger partial charge on any atom is -0.347 e. The molecule has 2 aromatic heterocycles. The Morgan fingerprint density at radius 2 is 1.88 bits per heavy atom. The van der Waals surface area contributed by atoms with Gasteiger partial charge >= 0.3 is 0 Å². The van der Waals surface area contributed by atoms with E-state index in [0.29, 0.717) is 18.3 Å². The van der Waals surface area contributed by atoms with Crippen molar-refractivity contribution in [2.24, 2.45) is 0 Å². The topological polar surface area (TPSA) is 105 Å². The molecule has 1 aromatic carbocycles. The third-order valence-corrected chi connectivity index (χ3v) is 3.19. The summed E-state index contributed by atoms with van der Waals surface area (Å²) >= 11 is 0. The van der Waals surface area contributed by atoms with Gasteiger partial charge in [0.1, 0.15) is 0 Å². The number of pyridine rings is 1. The van der Waals surface area contributed by atoms with E-state index in [2.05, 4.69) is 36.1 Å². The molecule has 1 amide bonds. The fourth-order valence-electron chi connectivity index (χ4n) is 2.10. The van der Waals surface area contributed by atoms with Gasteiger partial charge in [-0.2, -0.15) is 10.1 Å². The number of nitrogens with one attached hydrogen (secondary N) is 3. The zero-order chi connectivity index (χ0) is 17.5. The van der Waals surface area contributed by atoms with E-state index in [1.54, 1.807) is 18.3 Å². The Kier molecular flexibility index (Phi) is 5.10. The second kappa shape index (κ2) is 7.82. The van der Waals surface area contributed by atoms with Crippen LogP contribution in [0.15, 0.2) is 54.9 Å². The van der Waals surface area contributed by atoms with Crippen LogP contribution >= 0.6 is 0 Å². The molecule has 126 valence electrons. The molecule has 0 bridgehead atoms. The van der Waals surface area contributed by atoms with Crippen LogP contribution in [0.4, 0.5) is 23.1 Å². The number of benzene rings is 1. The summed E-state index contributed by atoms with van der Waals surface area (Å²) in [5.74, 6) is 0.862. The summed E-state index contributed by atoms with van der Waals surface area (Å²) in [5.41, 5.74) is 2.44. The molecule has 0 aliphatic heterocycles. The molecule has 25 heavy (non-hydrogen) atoms. The smallest absolute Gasteiger partial charge is 0.245 e. The molecule has 0 unspecified atom stereocenters. The number of amides is 1. The molecule has 0 atom stereocenters. The SMILES string of the molecule is CC(=O)Nc1ccc(Nc2cnnc(NCc3ccccn3)n2)cc1. The Bertz CT molecular complexity index is 837. The molecular weight excluding hydrogens is 318 g/mol. The highest BCUT2D eigenvalue weighted by molar-refractivity contribution is 5.88. The number of carbonyl (C=O) groups is 1. The standard InChI is InChI=1S/C17H17N7O/c1-12(25)21-13-5-7-14(8-6-13)22-16-11-20-24-17(23-16)19-10-15-4-2-3-9-18-15/h2-9,11H,10H2,1H3,(H,21,25)(H2,19,22,23,24). The molecule has 3 rings (SSSR count). The second-order valence-electron chi connectivity index (χ2n) is 5.22. The lowest BCUT2D eigenvalue weighted by Crippen LogP contribution is -2.07. The molecule has 8 heteroatoms. The van der Waals surface area contributed by atoms with Crippen molar-refractivity contribution in [3.8, 4) is 0 Å².